The van der Waals surface area contributed by atoms with Crippen LogP contribution in [0.2, 0.25) is 0 Å². The van der Waals surface area contributed by atoms with Crippen LogP contribution in [0.1, 0.15) is 43.2 Å². The van der Waals surface area contributed by atoms with Crippen molar-refractivity contribution in [3.63, 3.8) is 0 Å². The highest BCUT2D eigenvalue weighted by Gasteiger charge is 2.35. The normalized spacial score (nSPS) is 14.3. The van der Waals surface area contributed by atoms with E-state index in [4.69, 9.17) is 0 Å². The molecule has 1 N–H and O–H groups in total. The molecule has 1 aliphatic rings. The SMILES string of the molecule is O=C(NC1CCCCC1)[C@@H](Cc1ccccc1)N(Cc1ccc(Br)cc1)C(=O)CN(c1ccc(Br)cc1)S(=O)(=O)c1ccccc1. The minimum Gasteiger partial charge on any atom is -0.352 e. The van der Waals surface area contributed by atoms with E-state index in [1.54, 1.807) is 47.4 Å². The van der Waals surface area contributed by atoms with Gasteiger partial charge in [0.15, 0.2) is 0 Å². The summed E-state index contributed by atoms with van der Waals surface area (Å²) in [6, 6.07) is 31.2. The Bertz CT molecular complexity index is 1700. The van der Waals surface area contributed by atoms with E-state index < -0.39 is 28.5 Å². The van der Waals surface area contributed by atoms with Gasteiger partial charge in [-0.1, -0.05) is 112 Å². The Morgan fingerprint density at radius 3 is 1.91 bits per heavy atom. The highest BCUT2D eigenvalue weighted by molar-refractivity contribution is 9.10. The minimum absolute atomic E-state index is 0.0434. The third kappa shape index (κ3) is 8.86. The van der Waals surface area contributed by atoms with Gasteiger partial charge < -0.3 is 10.2 Å². The van der Waals surface area contributed by atoms with Crippen LogP contribution in [-0.2, 0) is 32.6 Å². The number of rotatable bonds is 12. The molecule has 7 nitrogen and oxygen atoms in total. The zero-order chi connectivity index (χ0) is 32.5. The molecule has 0 saturated heterocycles. The summed E-state index contributed by atoms with van der Waals surface area (Å²) >= 11 is 6.90. The van der Waals surface area contributed by atoms with Gasteiger partial charge in [0.25, 0.3) is 10.0 Å². The van der Waals surface area contributed by atoms with E-state index in [0.717, 1.165) is 56.5 Å². The molecule has 5 rings (SSSR count). The van der Waals surface area contributed by atoms with Gasteiger partial charge in [-0.3, -0.25) is 13.9 Å². The standard InChI is InChI=1S/C36H37Br2N3O4S/c37-29-18-16-28(17-19-29)25-40(34(24-27-10-4-1-5-11-27)36(43)39-31-12-6-2-7-13-31)35(42)26-41(32-22-20-30(38)21-23-32)46(44,45)33-14-8-3-9-15-33/h1,3-5,8-11,14-23,31,34H,2,6-7,12-13,24-26H2,(H,39,43)/t34-/m1/s1. The summed E-state index contributed by atoms with van der Waals surface area (Å²) in [5.41, 5.74) is 2.07. The summed E-state index contributed by atoms with van der Waals surface area (Å²) in [7, 11) is -4.14. The van der Waals surface area contributed by atoms with E-state index in [1.807, 2.05) is 54.6 Å². The molecular weight excluding hydrogens is 730 g/mol. The molecule has 2 amide bonds. The van der Waals surface area contributed by atoms with E-state index in [2.05, 4.69) is 37.2 Å². The highest BCUT2D eigenvalue weighted by atomic mass is 79.9. The maximum Gasteiger partial charge on any atom is 0.264 e. The first-order valence-electron chi connectivity index (χ1n) is 15.4. The molecule has 4 aromatic rings. The van der Waals surface area contributed by atoms with Crippen molar-refractivity contribution >= 4 is 59.4 Å². The quantitative estimate of drug-likeness (QED) is 0.162. The summed E-state index contributed by atoms with van der Waals surface area (Å²) in [6.45, 7) is -0.362. The van der Waals surface area contributed by atoms with Crippen molar-refractivity contribution in [2.75, 3.05) is 10.8 Å². The second-order valence-corrected chi connectivity index (χ2v) is 15.2. The van der Waals surface area contributed by atoms with Crippen molar-refractivity contribution < 1.29 is 18.0 Å². The number of nitrogens with one attached hydrogen (secondary N) is 1. The van der Waals surface area contributed by atoms with Gasteiger partial charge in [0.1, 0.15) is 12.6 Å². The molecule has 46 heavy (non-hydrogen) atoms. The summed E-state index contributed by atoms with van der Waals surface area (Å²) in [5.74, 6) is -0.715. The average molecular weight is 768 g/mol. The molecule has 4 aromatic carbocycles. The van der Waals surface area contributed by atoms with Crippen LogP contribution >= 0.6 is 31.9 Å². The lowest BCUT2D eigenvalue weighted by atomic mass is 9.94. The van der Waals surface area contributed by atoms with Crippen molar-refractivity contribution in [2.45, 2.75) is 62.0 Å². The monoisotopic (exact) mass is 765 g/mol. The maximum absolute atomic E-state index is 14.6. The van der Waals surface area contributed by atoms with Gasteiger partial charge in [-0.25, -0.2) is 8.42 Å². The molecule has 0 bridgehead atoms. The van der Waals surface area contributed by atoms with E-state index in [9.17, 15) is 18.0 Å². The number of sulfonamides is 1. The van der Waals surface area contributed by atoms with E-state index in [-0.39, 0.29) is 29.8 Å². The van der Waals surface area contributed by atoms with Crippen molar-refractivity contribution in [1.82, 2.24) is 10.2 Å². The van der Waals surface area contributed by atoms with Crippen LogP contribution in [0.3, 0.4) is 0 Å². The Morgan fingerprint density at radius 2 is 1.30 bits per heavy atom. The maximum atomic E-state index is 14.6. The van der Waals surface area contributed by atoms with Gasteiger partial charge in [0, 0.05) is 28.0 Å². The molecule has 0 radical (unpaired) electrons. The molecule has 0 unspecified atom stereocenters. The number of amides is 2. The fraction of sp³-hybridized carbons (Fsp3) is 0.278. The number of benzene rings is 4. The van der Waals surface area contributed by atoms with Crippen LogP contribution in [0.5, 0.6) is 0 Å². The van der Waals surface area contributed by atoms with Crippen LogP contribution < -0.4 is 9.62 Å². The largest absolute Gasteiger partial charge is 0.352 e. The smallest absolute Gasteiger partial charge is 0.264 e. The number of anilines is 1. The van der Waals surface area contributed by atoms with Crippen LogP contribution in [0.15, 0.2) is 123 Å². The molecule has 1 saturated carbocycles. The van der Waals surface area contributed by atoms with Gasteiger partial charge in [0.05, 0.1) is 10.6 Å². The first-order valence-corrected chi connectivity index (χ1v) is 18.4. The number of hydrogen-bond donors (Lipinski definition) is 1. The molecule has 1 aliphatic carbocycles. The summed E-state index contributed by atoms with van der Waals surface area (Å²) < 4.78 is 31.0. The van der Waals surface area contributed by atoms with Gasteiger partial charge in [-0.05, 0) is 72.5 Å². The Balaban J connectivity index is 1.55. The molecule has 0 spiro atoms. The third-order valence-electron chi connectivity index (χ3n) is 8.21. The molecule has 1 fully saturated rings. The zero-order valence-electron chi connectivity index (χ0n) is 25.4. The fourth-order valence-corrected chi connectivity index (χ4v) is 7.70. The Morgan fingerprint density at radius 1 is 0.739 bits per heavy atom. The number of halogens is 2. The molecule has 240 valence electrons. The van der Waals surface area contributed by atoms with E-state index in [1.165, 1.54) is 12.1 Å². The van der Waals surface area contributed by atoms with Crippen LogP contribution in [0.4, 0.5) is 5.69 Å². The van der Waals surface area contributed by atoms with Gasteiger partial charge >= 0.3 is 0 Å². The fourth-order valence-electron chi connectivity index (χ4n) is 5.74. The van der Waals surface area contributed by atoms with E-state index in [0.29, 0.717) is 5.69 Å². The second kappa shape index (κ2) is 15.9. The number of carbonyl (C=O) groups is 2. The summed E-state index contributed by atoms with van der Waals surface area (Å²) in [4.78, 5) is 30.4. The molecule has 0 aliphatic heterocycles. The lowest BCUT2D eigenvalue weighted by molar-refractivity contribution is -0.140. The minimum atomic E-state index is -4.14. The summed E-state index contributed by atoms with van der Waals surface area (Å²) in [6.07, 6.45) is 5.33. The van der Waals surface area contributed by atoms with Gasteiger partial charge in [-0.15, -0.1) is 0 Å². The number of nitrogens with zero attached hydrogens (tertiary/aromatic N) is 2. The molecule has 0 heterocycles. The molecule has 1 atom stereocenters. The summed E-state index contributed by atoms with van der Waals surface area (Å²) in [5, 5.41) is 3.24. The van der Waals surface area contributed by atoms with Crippen molar-refractivity contribution in [3.8, 4) is 0 Å². The second-order valence-electron chi connectivity index (χ2n) is 11.5. The van der Waals surface area contributed by atoms with Crippen LogP contribution in [0.25, 0.3) is 0 Å². The Labute approximate surface area is 288 Å². The average Bonchev–Trinajstić information content (AvgIpc) is 3.07. The molecule has 0 aromatic heterocycles. The van der Waals surface area contributed by atoms with Crippen LogP contribution in [0, 0.1) is 0 Å². The van der Waals surface area contributed by atoms with Crippen molar-refractivity contribution in [2.24, 2.45) is 0 Å². The number of carbonyl (C=O) groups excluding carboxylic acids is 2. The molecule has 10 heteroatoms. The highest BCUT2D eigenvalue weighted by Crippen LogP contribution is 2.27. The zero-order valence-corrected chi connectivity index (χ0v) is 29.4. The lowest BCUT2D eigenvalue weighted by Crippen LogP contribution is -2.55. The van der Waals surface area contributed by atoms with Crippen molar-refractivity contribution in [3.05, 3.63) is 129 Å². The topological polar surface area (TPSA) is 86.8 Å². The third-order valence-corrected chi connectivity index (χ3v) is 11.1. The lowest BCUT2D eigenvalue weighted by Gasteiger charge is -2.35. The van der Waals surface area contributed by atoms with E-state index >= 15 is 0 Å². The molecular formula is C36H37Br2N3O4S. The van der Waals surface area contributed by atoms with Gasteiger partial charge in [-0.2, -0.15) is 0 Å². The number of hydrogen-bond acceptors (Lipinski definition) is 4. The van der Waals surface area contributed by atoms with Gasteiger partial charge in [0.2, 0.25) is 11.8 Å². The first-order chi connectivity index (χ1) is 22.2. The predicted octanol–water partition coefficient (Wildman–Crippen LogP) is 7.50. The predicted molar refractivity (Wildman–Crippen MR) is 189 cm³/mol. The van der Waals surface area contributed by atoms with Crippen molar-refractivity contribution in [1.29, 1.82) is 0 Å². The first kappa shape index (κ1) is 33.9. The Hall–Kier alpha value is -3.47. The Kier molecular flexibility index (Phi) is 11.7. The van der Waals surface area contributed by atoms with Crippen LogP contribution in [-0.4, -0.2) is 43.8 Å².